The molecular formula is C23H28N4O4. The van der Waals surface area contributed by atoms with Crippen LogP contribution in [0.2, 0.25) is 0 Å². The summed E-state index contributed by atoms with van der Waals surface area (Å²) in [6.45, 7) is 4.11. The van der Waals surface area contributed by atoms with Gasteiger partial charge in [0.2, 0.25) is 0 Å². The molecule has 0 aliphatic carbocycles. The van der Waals surface area contributed by atoms with Crippen LogP contribution in [0.4, 0.5) is 17.1 Å². The molecule has 0 N–H and O–H groups in total. The summed E-state index contributed by atoms with van der Waals surface area (Å²) in [6, 6.07) is 12.8. The summed E-state index contributed by atoms with van der Waals surface area (Å²) < 4.78 is 5.45. The lowest BCUT2D eigenvalue weighted by atomic mass is 10.1. The molecule has 0 bridgehead atoms. The van der Waals surface area contributed by atoms with Crippen LogP contribution in [0, 0.1) is 10.1 Å². The summed E-state index contributed by atoms with van der Waals surface area (Å²) in [7, 11) is 1.65. The lowest BCUT2D eigenvalue weighted by Crippen LogP contribution is -2.48. The number of nitro benzene ring substituents is 1. The number of amides is 1. The first kappa shape index (κ1) is 21.0. The van der Waals surface area contributed by atoms with E-state index in [9.17, 15) is 14.9 Å². The minimum absolute atomic E-state index is 0.0143. The minimum Gasteiger partial charge on any atom is -0.495 e. The van der Waals surface area contributed by atoms with E-state index < -0.39 is 0 Å². The molecule has 0 spiro atoms. The quantitative estimate of drug-likeness (QED) is 0.539. The van der Waals surface area contributed by atoms with E-state index >= 15 is 0 Å². The number of ether oxygens (including phenoxy) is 1. The summed E-state index contributed by atoms with van der Waals surface area (Å²) in [5.41, 5.74) is 2.01. The van der Waals surface area contributed by atoms with Gasteiger partial charge in [0.15, 0.2) is 0 Å². The number of nitrogens with zero attached hydrogens (tertiary/aromatic N) is 4. The van der Waals surface area contributed by atoms with Crippen LogP contribution in [0.25, 0.3) is 0 Å². The number of carbonyl (C=O) groups excluding carboxylic acids is 1. The van der Waals surface area contributed by atoms with Gasteiger partial charge in [0, 0.05) is 50.9 Å². The van der Waals surface area contributed by atoms with Gasteiger partial charge in [-0.2, -0.15) is 0 Å². The largest absolute Gasteiger partial charge is 0.495 e. The average molecular weight is 425 g/mol. The molecule has 0 saturated carbocycles. The van der Waals surface area contributed by atoms with Crippen LogP contribution in [-0.2, 0) is 0 Å². The van der Waals surface area contributed by atoms with E-state index in [1.807, 2.05) is 24.3 Å². The molecule has 0 unspecified atom stereocenters. The van der Waals surface area contributed by atoms with Crippen LogP contribution in [0.3, 0.4) is 0 Å². The highest BCUT2D eigenvalue weighted by atomic mass is 16.6. The van der Waals surface area contributed by atoms with Crippen LogP contribution < -0.4 is 14.5 Å². The Hall–Kier alpha value is -3.29. The van der Waals surface area contributed by atoms with Crippen molar-refractivity contribution in [2.75, 3.05) is 56.2 Å². The van der Waals surface area contributed by atoms with Crippen molar-refractivity contribution in [1.29, 1.82) is 0 Å². The second-order valence-corrected chi connectivity index (χ2v) is 7.96. The van der Waals surface area contributed by atoms with Crippen molar-refractivity contribution in [3.63, 3.8) is 0 Å². The van der Waals surface area contributed by atoms with E-state index in [0.29, 0.717) is 37.4 Å². The number of carbonyl (C=O) groups is 1. The Labute approximate surface area is 182 Å². The molecular weight excluding hydrogens is 396 g/mol. The van der Waals surface area contributed by atoms with Crippen molar-refractivity contribution in [2.45, 2.75) is 19.3 Å². The number of para-hydroxylation sites is 2. The molecule has 0 atom stereocenters. The zero-order chi connectivity index (χ0) is 21.8. The van der Waals surface area contributed by atoms with Crippen molar-refractivity contribution in [3.05, 3.63) is 58.1 Å². The topological polar surface area (TPSA) is 79.2 Å². The zero-order valence-electron chi connectivity index (χ0n) is 17.8. The maximum atomic E-state index is 13.1. The molecule has 2 aromatic carbocycles. The van der Waals surface area contributed by atoms with Crippen molar-refractivity contribution in [3.8, 4) is 5.75 Å². The molecule has 2 saturated heterocycles. The minimum atomic E-state index is -0.375. The summed E-state index contributed by atoms with van der Waals surface area (Å²) in [5.74, 6) is 0.652. The Morgan fingerprint density at radius 2 is 1.58 bits per heavy atom. The van der Waals surface area contributed by atoms with Gasteiger partial charge >= 0.3 is 0 Å². The molecule has 0 aromatic heterocycles. The van der Waals surface area contributed by atoms with E-state index in [-0.39, 0.29) is 16.5 Å². The molecule has 8 nitrogen and oxygen atoms in total. The van der Waals surface area contributed by atoms with Gasteiger partial charge < -0.3 is 19.4 Å². The number of piperidine rings is 1. The van der Waals surface area contributed by atoms with Crippen molar-refractivity contribution in [2.24, 2.45) is 0 Å². The number of rotatable bonds is 5. The molecule has 31 heavy (non-hydrogen) atoms. The molecule has 0 radical (unpaired) electrons. The second-order valence-electron chi connectivity index (χ2n) is 7.96. The van der Waals surface area contributed by atoms with Crippen LogP contribution in [0.1, 0.15) is 29.6 Å². The first-order valence-corrected chi connectivity index (χ1v) is 10.8. The predicted octanol–water partition coefficient (Wildman–Crippen LogP) is 3.56. The molecule has 2 fully saturated rings. The van der Waals surface area contributed by atoms with Crippen molar-refractivity contribution >= 4 is 23.0 Å². The zero-order valence-corrected chi connectivity index (χ0v) is 17.8. The van der Waals surface area contributed by atoms with Gasteiger partial charge in [-0.15, -0.1) is 0 Å². The molecule has 2 aliphatic heterocycles. The van der Waals surface area contributed by atoms with Crippen molar-refractivity contribution in [1.82, 2.24) is 4.90 Å². The summed E-state index contributed by atoms with van der Waals surface area (Å²) in [6.07, 6.45) is 3.23. The molecule has 2 aromatic rings. The highest BCUT2D eigenvalue weighted by molar-refractivity contribution is 5.96. The highest BCUT2D eigenvalue weighted by Gasteiger charge is 2.27. The van der Waals surface area contributed by atoms with Gasteiger partial charge in [-0.25, -0.2) is 0 Å². The van der Waals surface area contributed by atoms with Gasteiger partial charge in [0.25, 0.3) is 11.6 Å². The summed E-state index contributed by atoms with van der Waals surface area (Å²) >= 11 is 0. The van der Waals surface area contributed by atoms with Gasteiger partial charge in [0.05, 0.1) is 17.7 Å². The third kappa shape index (κ3) is 4.42. The first-order valence-electron chi connectivity index (χ1n) is 10.8. The number of hydrogen-bond acceptors (Lipinski definition) is 6. The maximum absolute atomic E-state index is 13.1. The lowest BCUT2D eigenvalue weighted by Gasteiger charge is -2.36. The smallest absolute Gasteiger partial charge is 0.293 e. The second kappa shape index (κ2) is 9.24. The van der Waals surface area contributed by atoms with E-state index in [2.05, 4.69) is 9.80 Å². The van der Waals surface area contributed by atoms with E-state index in [1.165, 1.54) is 6.07 Å². The third-order valence-electron chi connectivity index (χ3n) is 6.11. The maximum Gasteiger partial charge on any atom is 0.293 e. The molecule has 2 aliphatic rings. The number of benzene rings is 2. The lowest BCUT2D eigenvalue weighted by molar-refractivity contribution is -0.384. The molecule has 2 heterocycles. The van der Waals surface area contributed by atoms with Gasteiger partial charge in [-0.05, 0) is 43.5 Å². The Morgan fingerprint density at radius 1 is 0.903 bits per heavy atom. The third-order valence-corrected chi connectivity index (χ3v) is 6.11. The predicted molar refractivity (Wildman–Crippen MR) is 120 cm³/mol. The van der Waals surface area contributed by atoms with Gasteiger partial charge in [0.1, 0.15) is 11.4 Å². The molecule has 8 heteroatoms. The molecule has 4 rings (SSSR count). The number of methoxy groups -OCH3 is 1. The number of piperazine rings is 1. The molecule has 1 amide bonds. The van der Waals surface area contributed by atoms with Crippen LogP contribution in [0.15, 0.2) is 42.5 Å². The summed E-state index contributed by atoms with van der Waals surface area (Å²) in [4.78, 5) is 30.4. The monoisotopic (exact) mass is 424 g/mol. The van der Waals surface area contributed by atoms with Crippen molar-refractivity contribution < 1.29 is 14.5 Å². The fraction of sp³-hybridized carbons (Fsp3) is 0.435. The average Bonchev–Trinajstić information content (AvgIpc) is 2.83. The van der Waals surface area contributed by atoms with E-state index in [0.717, 1.165) is 43.8 Å². The Morgan fingerprint density at radius 3 is 2.26 bits per heavy atom. The number of anilines is 2. The highest BCUT2D eigenvalue weighted by Crippen LogP contribution is 2.32. The van der Waals surface area contributed by atoms with Crippen LogP contribution >= 0.6 is 0 Å². The molecule has 164 valence electrons. The van der Waals surface area contributed by atoms with Gasteiger partial charge in [-0.1, -0.05) is 12.1 Å². The van der Waals surface area contributed by atoms with Crippen LogP contribution in [-0.4, -0.2) is 62.1 Å². The Kier molecular flexibility index (Phi) is 6.25. The normalized spacial score (nSPS) is 16.9. The van der Waals surface area contributed by atoms with Crippen LogP contribution in [0.5, 0.6) is 5.75 Å². The fourth-order valence-electron chi connectivity index (χ4n) is 4.43. The SMILES string of the molecule is COc1ccccc1N1CCN(C(=O)c2ccc(N3CCCCC3)c([N+](=O)[O-])c2)CC1. The fourth-order valence-corrected chi connectivity index (χ4v) is 4.43. The number of hydrogen-bond donors (Lipinski definition) is 0. The number of nitro groups is 1. The first-order chi connectivity index (χ1) is 15.1. The van der Waals surface area contributed by atoms with E-state index in [1.54, 1.807) is 24.1 Å². The Balaban J connectivity index is 1.47. The van der Waals surface area contributed by atoms with Gasteiger partial charge in [-0.3, -0.25) is 14.9 Å². The standard InChI is InChI=1S/C23H28N4O4/c1-31-22-8-4-3-7-20(22)25-13-15-26(16-14-25)23(28)18-9-10-19(21(17-18)27(29)30)24-11-5-2-6-12-24/h3-4,7-10,17H,2,5-6,11-16H2,1H3. The summed E-state index contributed by atoms with van der Waals surface area (Å²) in [5, 5.41) is 11.7. The van der Waals surface area contributed by atoms with E-state index in [4.69, 9.17) is 4.74 Å². The Bertz CT molecular complexity index is 950.